The molecule has 0 aliphatic heterocycles. The lowest BCUT2D eigenvalue weighted by molar-refractivity contribution is 0.0896. The zero-order valence-corrected chi connectivity index (χ0v) is 8.87. The third-order valence-electron chi connectivity index (χ3n) is 3.13. The minimum Gasteiger partial charge on any atom is -0.329 e. The molecule has 3 nitrogen and oxygen atoms in total. The lowest BCUT2D eigenvalue weighted by Crippen LogP contribution is -2.26. The fourth-order valence-electron chi connectivity index (χ4n) is 1.85. The molecule has 1 fully saturated rings. The van der Waals surface area contributed by atoms with Crippen LogP contribution in [-0.4, -0.2) is 22.2 Å². The van der Waals surface area contributed by atoms with E-state index in [0.717, 1.165) is 0 Å². The molecule has 5 heteroatoms. The summed E-state index contributed by atoms with van der Waals surface area (Å²) in [5, 5.41) is 4.06. The van der Waals surface area contributed by atoms with Crippen LogP contribution >= 0.6 is 0 Å². The van der Waals surface area contributed by atoms with E-state index >= 15 is 0 Å². The summed E-state index contributed by atoms with van der Waals surface area (Å²) in [7, 11) is 0. The molecule has 1 saturated carbocycles. The summed E-state index contributed by atoms with van der Waals surface area (Å²) in [4.78, 5) is 0. The van der Waals surface area contributed by atoms with Gasteiger partial charge >= 0.3 is 0 Å². The highest BCUT2D eigenvalue weighted by Crippen LogP contribution is 2.60. The van der Waals surface area contributed by atoms with E-state index in [1.807, 2.05) is 13.8 Å². The molecule has 0 aromatic carbocycles. The molecule has 0 amide bonds. The summed E-state index contributed by atoms with van der Waals surface area (Å²) in [6, 6.07) is 0.181. The van der Waals surface area contributed by atoms with E-state index in [4.69, 9.17) is 5.73 Å². The van der Waals surface area contributed by atoms with Gasteiger partial charge in [0.2, 0.25) is 0 Å². The number of alkyl halides is 2. The molecule has 1 aromatic heterocycles. The Balaban J connectivity index is 2.30. The van der Waals surface area contributed by atoms with Gasteiger partial charge in [-0.1, -0.05) is 0 Å². The second-order valence-electron chi connectivity index (χ2n) is 4.47. The van der Waals surface area contributed by atoms with Crippen LogP contribution in [0.3, 0.4) is 0 Å². The Bertz CT molecular complexity index is 372. The van der Waals surface area contributed by atoms with Gasteiger partial charge in [-0.2, -0.15) is 5.10 Å². The fraction of sp³-hybridized carbons (Fsp3) is 0.700. The van der Waals surface area contributed by atoms with Crippen molar-refractivity contribution in [2.75, 3.05) is 6.54 Å². The van der Waals surface area contributed by atoms with Crippen molar-refractivity contribution in [1.82, 2.24) is 9.78 Å². The second kappa shape index (κ2) is 3.01. The van der Waals surface area contributed by atoms with Gasteiger partial charge in [0.15, 0.2) is 0 Å². The molecule has 1 heterocycles. The number of rotatable bonds is 3. The number of hydrogen-bond donors (Lipinski definition) is 1. The highest BCUT2D eigenvalue weighted by molar-refractivity contribution is 5.35. The average Bonchev–Trinajstić information content (AvgIpc) is 2.59. The van der Waals surface area contributed by atoms with Crippen LogP contribution in [-0.2, 0) is 5.41 Å². The molecule has 2 N–H and O–H groups in total. The van der Waals surface area contributed by atoms with Crippen molar-refractivity contribution in [1.29, 1.82) is 0 Å². The van der Waals surface area contributed by atoms with Gasteiger partial charge in [-0.15, -0.1) is 0 Å². The van der Waals surface area contributed by atoms with Crippen molar-refractivity contribution in [3.8, 4) is 0 Å². The molecule has 1 aliphatic rings. The zero-order valence-electron chi connectivity index (χ0n) is 8.87. The summed E-state index contributed by atoms with van der Waals surface area (Å²) in [6.45, 7) is 3.89. The van der Waals surface area contributed by atoms with E-state index in [9.17, 15) is 8.78 Å². The van der Waals surface area contributed by atoms with Gasteiger partial charge in [0.25, 0.3) is 5.92 Å². The van der Waals surface area contributed by atoms with Crippen LogP contribution in [0.25, 0.3) is 0 Å². The van der Waals surface area contributed by atoms with Crippen molar-refractivity contribution in [2.45, 2.75) is 37.6 Å². The molecule has 1 aromatic rings. The van der Waals surface area contributed by atoms with Crippen molar-refractivity contribution in [3.63, 3.8) is 0 Å². The van der Waals surface area contributed by atoms with E-state index in [0.29, 0.717) is 5.56 Å². The number of hydrogen-bond acceptors (Lipinski definition) is 2. The van der Waals surface area contributed by atoms with Crippen molar-refractivity contribution in [2.24, 2.45) is 5.73 Å². The summed E-state index contributed by atoms with van der Waals surface area (Å²) < 4.78 is 28.1. The van der Waals surface area contributed by atoms with E-state index < -0.39 is 11.3 Å². The molecule has 15 heavy (non-hydrogen) atoms. The third-order valence-corrected chi connectivity index (χ3v) is 3.13. The SMILES string of the molecule is CC(C)n1cc(C2(CN)CC2(F)F)cn1. The minimum absolute atomic E-state index is 0.0240. The second-order valence-corrected chi connectivity index (χ2v) is 4.47. The molecular weight excluding hydrogens is 200 g/mol. The number of halogens is 2. The lowest BCUT2D eigenvalue weighted by atomic mass is 9.99. The molecule has 1 atom stereocenters. The van der Waals surface area contributed by atoms with E-state index in [1.54, 1.807) is 10.9 Å². The van der Waals surface area contributed by atoms with Crippen LogP contribution in [0.5, 0.6) is 0 Å². The first-order valence-electron chi connectivity index (χ1n) is 5.05. The minimum atomic E-state index is -2.66. The summed E-state index contributed by atoms with van der Waals surface area (Å²) in [6.07, 6.45) is 3.03. The van der Waals surface area contributed by atoms with Crippen LogP contribution < -0.4 is 5.73 Å². The Morgan fingerprint density at radius 1 is 1.60 bits per heavy atom. The third kappa shape index (κ3) is 1.37. The lowest BCUT2D eigenvalue weighted by Gasteiger charge is -2.11. The van der Waals surface area contributed by atoms with E-state index in [2.05, 4.69) is 5.10 Å². The quantitative estimate of drug-likeness (QED) is 0.834. The van der Waals surface area contributed by atoms with Crippen LogP contribution in [0.15, 0.2) is 12.4 Å². The van der Waals surface area contributed by atoms with E-state index in [-0.39, 0.29) is 19.0 Å². The molecule has 84 valence electrons. The smallest absolute Gasteiger partial charge is 0.260 e. The topological polar surface area (TPSA) is 43.8 Å². The van der Waals surface area contributed by atoms with Crippen molar-refractivity contribution < 1.29 is 8.78 Å². The van der Waals surface area contributed by atoms with Gasteiger partial charge in [0.1, 0.15) is 0 Å². The molecule has 2 rings (SSSR count). The van der Waals surface area contributed by atoms with Gasteiger partial charge in [-0.25, -0.2) is 8.78 Å². The van der Waals surface area contributed by atoms with Gasteiger partial charge in [-0.3, -0.25) is 4.68 Å². The van der Waals surface area contributed by atoms with Crippen LogP contribution in [0.1, 0.15) is 31.9 Å². The Morgan fingerprint density at radius 2 is 2.20 bits per heavy atom. The monoisotopic (exact) mass is 215 g/mol. The molecule has 0 spiro atoms. The standard InChI is InChI=1S/C10H15F2N3/c1-7(2)15-4-8(3-14-15)9(6-13)5-10(9,11)12/h3-4,7H,5-6,13H2,1-2H3. The average molecular weight is 215 g/mol. The molecular formula is C10H15F2N3. The maximum Gasteiger partial charge on any atom is 0.260 e. The van der Waals surface area contributed by atoms with Gasteiger partial charge in [0.05, 0.1) is 11.6 Å². The maximum absolute atomic E-state index is 13.2. The fourth-order valence-corrected chi connectivity index (χ4v) is 1.85. The predicted octanol–water partition coefficient (Wildman–Crippen LogP) is 1.70. The maximum atomic E-state index is 13.2. The van der Waals surface area contributed by atoms with Gasteiger partial charge < -0.3 is 5.73 Å². The summed E-state index contributed by atoms with van der Waals surface area (Å²) >= 11 is 0. The summed E-state index contributed by atoms with van der Waals surface area (Å²) in [5.41, 5.74) is 4.85. The highest BCUT2D eigenvalue weighted by atomic mass is 19.3. The first kappa shape index (κ1) is 10.5. The molecule has 0 bridgehead atoms. The number of aromatic nitrogens is 2. The van der Waals surface area contributed by atoms with E-state index in [1.165, 1.54) is 6.20 Å². The van der Waals surface area contributed by atoms with Gasteiger partial charge in [0, 0.05) is 30.8 Å². The normalized spacial score (nSPS) is 28.4. The predicted molar refractivity (Wildman–Crippen MR) is 52.9 cm³/mol. The van der Waals surface area contributed by atoms with Gasteiger partial charge in [-0.05, 0) is 13.8 Å². The van der Waals surface area contributed by atoms with Crippen molar-refractivity contribution in [3.05, 3.63) is 18.0 Å². The van der Waals surface area contributed by atoms with Crippen LogP contribution in [0.4, 0.5) is 8.78 Å². The van der Waals surface area contributed by atoms with Crippen LogP contribution in [0.2, 0.25) is 0 Å². The Hall–Kier alpha value is -0.970. The molecule has 1 unspecified atom stereocenters. The number of nitrogens with two attached hydrogens (primary N) is 1. The zero-order chi connectivity index (χ0) is 11.3. The van der Waals surface area contributed by atoms with Crippen molar-refractivity contribution >= 4 is 0 Å². The largest absolute Gasteiger partial charge is 0.329 e. The summed E-state index contributed by atoms with van der Waals surface area (Å²) in [5.74, 6) is -2.66. The highest BCUT2D eigenvalue weighted by Gasteiger charge is 2.71. The number of nitrogens with zero attached hydrogens (tertiary/aromatic N) is 2. The molecule has 0 saturated heterocycles. The molecule has 1 aliphatic carbocycles. The Labute approximate surface area is 87.3 Å². The first-order chi connectivity index (χ1) is 6.93. The Morgan fingerprint density at radius 3 is 2.53 bits per heavy atom. The van der Waals surface area contributed by atoms with Crippen LogP contribution in [0, 0.1) is 0 Å². The molecule has 0 radical (unpaired) electrons. The first-order valence-corrected chi connectivity index (χ1v) is 5.05. The Kier molecular flexibility index (Phi) is 2.12.